The van der Waals surface area contributed by atoms with Gasteiger partial charge in [0.05, 0.1) is 15.7 Å². The number of nitrogens with zero attached hydrogens (tertiary/aromatic N) is 2. The van der Waals surface area contributed by atoms with E-state index in [1.807, 2.05) is 5.51 Å². The van der Waals surface area contributed by atoms with Crippen molar-refractivity contribution in [1.82, 2.24) is 10.3 Å². The van der Waals surface area contributed by atoms with Gasteiger partial charge in [0.1, 0.15) is 0 Å². The van der Waals surface area contributed by atoms with E-state index < -0.39 is 0 Å². The average molecular weight is 261 g/mol. The zero-order valence-electron chi connectivity index (χ0n) is 10.9. The van der Waals surface area contributed by atoms with Crippen molar-refractivity contribution in [3.8, 4) is 0 Å². The third-order valence-electron chi connectivity index (χ3n) is 3.96. The van der Waals surface area contributed by atoms with Crippen LogP contribution >= 0.6 is 11.3 Å². The minimum atomic E-state index is 0.661. The topological polar surface area (TPSA) is 28.2 Å². The molecule has 1 aliphatic rings. The first-order chi connectivity index (χ1) is 8.78. The molecule has 1 aromatic heterocycles. The molecule has 1 aromatic carbocycles. The fourth-order valence-electron chi connectivity index (χ4n) is 2.85. The third kappa shape index (κ3) is 2.10. The summed E-state index contributed by atoms with van der Waals surface area (Å²) >= 11 is 1.72. The van der Waals surface area contributed by atoms with Crippen LogP contribution in [0.3, 0.4) is 0 Å². The van der Waals surface area contributed by atoms with Gasteiger partial charge < -0.3 is 10.2 Å². The van der Waals surface area contributed by atoms with E-state index in [-0.39, 0.29) is 0 Å². The Hall–Kier alpha value is -1.13. The van der Waals surface area contributed by atoms with E-state index in [2.05, 4.69) is 47.4 Å². The Balaban J connectivity index is 1.82. The molecule has 96 valence electrons. The highest BCUT2D eigenvalue weighted by molar-refractivity contribution is 7.16. The summed E-state index contributed by atoms with van der Waals surface area (Å²) in [7, 11) is 2.07. The molecule has 18 heavy (non-hydrogen) atoms. The summed E-state index contributed by atoms with van der Waals surface area (Å²) in [6, 6.07) is 7.28. The van der Waals surface area contributed by atoms with Crippen molar-refractivity contribution in [1.29, 1.82) is 0 Å². The molecule has 3 nitrogen and oxygen atoms in total. The quantitative estimate of drug-likeness (QED) is 0.901. The molecule has 0 amide bonds. The first-order valence-electron chi connectivity index (χ1n) is 6.53. The number of rotatable bonds is 2. The van der Waals surface area contributed by atoms with Gasteiger partial charge in [-0.25, -0.2) is 4.98 Å². The Morgan fingerprint density at radius 2 is 2.33 bits per heavy atom. The molecule has 1 N–H and O–H groups in total. The maximum absolute atomic E-state index is 4.34. The molecule has 0 aliphatic carbocycles. The molecule has 1 aliphatic heterocycles. The lowest BCUT2D eigenvalue weighted by Crippen LogP contribution is -2.47. The fraction of sp³-hybridized carbons (Fsp3) is 0.500. The maximum atomic E-state index is 4.34. The molecule has 0 spiro atoms. The SMILES string of the molecule is CNC1CCN(c2ccc3ncsc3c2)CC1C. The van der Waals surface area contributed by atoms with Crippen molar-refractivity contribution in [2.75, 3.05) is 25.0 Å². The van der Waals surface area contributed by atoms with Gasteiger partial charge in [0.25, 0.3) is 0 Å². The first kappa shape index (κ1) is 11.9. The largest absolute Gasteiger partial charge is 0.371 e. The van der Waals surface area contributed by atoms with E-state index in [9.17, 15) is 0 Å². The van der Waals surface area contributed by atoms with E-state index in [1.165, 1.54) is 16.8 Å². The van der Waals surface area contributed by atoms with Crippen molar-refractivity contribution in [2.45, 2.75) is 19.4 Å². The van der Waals surface area contributed by atoms with E-state index in [4.69, 9.17) is 0 Å². The Morgan fingerprint density at radius 3 is 3.11 bits per heavy atom. The van der Waals surface area contributed by atoms with Gasteiger partial charge in [0.2, 0.25) is 0 Å². The van der Waals surface area contributed by atoms with Crippen LogP contribution in [0.15, 0.2) is 23.7 Å². The highest BCUT2D eigenvalue weighted by Crippen LogP contribution is 2.27. The van der Waals surface area contributed by atoms with Gasteiger partial charge in [-0.1, -0.05) is 6.92 Å². The number of aromatic nitrogens is 1. The van der Waals surface area contributed by atoms with E-state index >= 15 is 0 Å². The third-order valence-corrected chi connectivity index (χ3v) is 4.75. The van der Waals surface area contributed by atoms with Crippen LogP contribution < -0.4 is 10.2 Å². The van der Waals surface area contributed by atoms with Crippen LogP contribution in [0.25, 0.3) is 10.2 Å². The molecule has 4 heteroatoms. The Bertz CT molecular complexity index is 537. The second kappa shape index (κ2) is 4.86. The average Bonchev–Trinajstić information content (AvgIpc) is 2.85. The zero-order valence-corrected chi connectivity index (χ0v) is 11.7. The van der Waals surface area contributed by atoms with Crippen molar-refractivity contribution >= 4 is 27.2 Å². The molecule has 1 saturated heterocycles. The molecule has 2 heterocycles. The summed E-state index contributed by atoms with van der Waals surface area (Å²) in [5.41, 5.74) is 4.37. The van der Waals surface area contributed by atoms with E-state index in [0.29, 0.717) is 12.0 Å². The molecule has 0 saturated carbocycles. The smallest absolute Gasteiger partial charge is 0.0813 e. The minimum Gasteiger partial charge on any atom is -0.371 e. The number of thiazole rings is 1. The molecule has 0 bridgehead atoms. The number of anilines is 1. The highest BCUT2D eigenvalue weighted by atomic mass is 32.1. The number of piperidine rings is 1. The van der Waals surface area contributed by atoms with E-state index in [1.54, 1.807) is 11.3 Å². The molecular formula is C14H19N3S. The van der Waals surface area contributed by atoms with Crippen LogP contribution in [0.2, 0.25) is 0 Å². The Morgan fingerprint density at radius 1 is 1.44 bits per heavy atom. The summed E-state index contributed by atoms with van der Waals surface area (Å²) < 4.78 is 1.29. The molecule has 1 fully saturated rings. The molecular weight excluding hydrogens is 242 g/mol. The summed E-state index contributed by atoms with van der Waals surface area (Å²) in [6.07, 6.45) is 1.22. The molecule has 2 aromatic rings. The summed E-state index contributed by atoms with van der Waals surface area (Å²) in [5, 5.41) is 3.42. The van der Waals surface area contributed by atoms with Crippen molar-refractivity contribution in [2.24, 2.45) is 5.92 Å². The van der Waals surface area contributed by atoms with Gasteiger partial charge in [-0.05, 0) is 37.6 Å². The molecule has 2 unspecified atom stereocenters. The van der Waals surface area contributed by atoms with Crippen LogP contribution in [0.5, 0.6) is 0 Å². The van der Waals surface area contributed by atoms with Crippen LogP contribution in [0, 0.1) is 5.92 Å². The Kier molecular flexibility index (Phi) is 3.22. The normalized spacial score (nSPS) is 24.7. The summed E-state index contributed by atoms with van der Waals surface area (Å²) in [4.78, 5) is 6.83. The van der Waals surface area contributed by atoms with E-state index in [0.717, 1.165) is 18.6 Å². The molecule has 0 radical (unpaired) electrons. The highest BCUT2D eigenvalue weighted by Gasteiger charge is 2.24. The predicted octanol–water partition coefficient (Wildman–Crippen LogP) is 2.73. The van der Waals surface area contributed by atoms with Gasteiger partial charge in [0, 0.05) is 24.8 Å². The summed E-state index contributed by atoms with van der Waals surface area (Å²) in [5.74, 6) is 0.695. The monoisotopic (exact) mass is 261 g/mol. The van der Waals surface area contributed by atoms with Crippen molar-refractivity contribution in [3.05, 3.63) is 23.7 Å². The maximum Gasteiger partial charge on any atom is 0.0813 e. The van der Waals surface area contributed by atoms with Crippen molar-refractivity contribution < 1.29 is 0 Å². The summed E-state index contributed by atoms with van der Waals surface area (Å²) in [6.45, 7) is 4.61. The second-order valence-electron chi connectivity index (χ2n) is 5.11. The van der Waals surface area contributed by atoms with Gasteiger partial charge in [-0.2, -0.15) is 0 Å². The lowest BCUT2D eigenvalue weighted by Gasteiger charge is -2.38. The number of nitrogens with one attached hydrogen (secondary N) is 1. The number of benzene rings is 1. The fourth-order valence-corrected chi connectivity index (χ4v) is 3.56. The van der Waals surface area contributed by atoms with Gasteiger partial charge in [0.15, 0.2) is 0 Å². The van der Waals surface area contributed by atoms with Crippen LogP contribution in [0.4, 0.5) is 5.69 Å². The number of hydrogen-bond acceptors (Lipinski definition) is 4. The van der Waals surface area contributed by atoms with Crippen LogP contribution in [-0.4, -0.2) is 31.2 Å². The zero-order chi connectivity index (χ0) is 12.5. The van der Waals surface area contributed by atoms with Crippen LogP contribution in [0.1, 0.15) is 13.3 Å². The number of fused-ring (bicyclic) bond motifs is 1. The Labute approximate surface area is 112 Å². The van der Waals surface area contributed by atoms with Gasteiger partial charge in [-0.15, -0.1) is 11.3 Å². The van der Waals surface area contributed by atoms with Gasteiger partial charge in [-0.3, -0.25) is 0 Å². The minimum absolute atomic E-state index is 0.661. The van der Waals surface area contributed by atoms with Crippen molar-refractivity contribution in [3.63, 3.8) is 0 Å². The molecule has 2 atom stereocenters. The predicted molar refractivity (Wildman–Crippen MR) is 78.5 cm³/mol. The second-order valence-corrected chi connectivity index (χ2v) is 6.00. The standard InChI is InChI=1S/C14H19N3S/c1-10-8-17(6-5-12(10)15-2)11-3-4-13-14(7-11)18-9-16-13/h3-4,7,9-10,12,15H,5-6,8H2,1-2H3. The lowest BCUT2D eigenvalue weighted by atomic mass is 9.93. The van der Waals surface area contributed by atoms with Gasteiger partial charge >= 0.3 is 0 Å². The molecule has 3 rings (SSSR count). The first-order valence-corrected chi connectivity index (χ1v) is 7.41. The number of hydrogen-bond donors (Lipinski definition) is 1. The lowest BCUT2D eigenvalue weighted by molar-refractivity contribution is 0.339. The van der Waals surface area contributed by atoms with Crippen LogP contribution in [-0.2, 0) is 0 Å².